The van der Waals surface area contributed by atoms with E-state index in [0.717, 1.165) is 11.3 Å². The van der Waals surface area contributed by atoms with Gasteiger partial charge in [0, 0.05) is 12.7 Å². The van der Waals surface area contributed by atoms with E-state index < -0.39 is 11.5 Å². The summed E-state index contributed by atoms with van der Waals surface area (Å²) in [5.41, 5.74) is 2.48. The molecule has 1 aliphatic rings. The lowest BCUT2D eigenvalue weighted by Crippen LogP contribution is -2.33. The number of fused-ring (bicyclic) bond motifs is 1. The largest absolute Gasteiger partial charge is 0.384 e. The fourth-order valence-corrected chi connectivity index (χ4v) is 3.00. The van der Waals surface area contributed by atoms with Gasteiger partial charge in [-0.2, -0.15) is 0 Å². The fourth-order valence-electron chi connectivity index (χ4n) is 3.00. The van der Waals surface area contributed by atoms with Crippen molar-refractivity contribution in [3.05, 3.63) is 65.0 Å². The molecule has 1 heterocycles. The molecule has 114 valence electrons. The van der Waals surface area contributed by atoms with Crippen LogP contribution in [0.4, 0.5) is 10.1 Å². The number of hydrogen-bond acceptors (Lipinski definition) is 2. The number of benzene rings is 2. The summed E-state index contributed by atoms with van der Waals surface area (Å²) in [7, 11) is 1.76. The van der Waals surface area contributed by atoms with Crippen LogP contribution >= 0.6 is 0 Å². The number of likely N-dealkylation sites (N-methyl/N-ethyl adjacent to an activating group) is 1. The van der Waals surface area contributed by atoms with Gasteiger partial charge in [-0.25, -0.2) is 4.39 Å². The van der Waals surface area contributed by atoms with Crippen molar-refractivity contribution in [1.82, 2.24) is 0 Å². The third-order valence-electron chi connectivity index (χ3n) is 4.40. The molecule has 1 aliphatic heterocycles. The molecule has 2 aromatic carbocycles. The van der Waals surface area contributed by atoms with E-state index in [0.29, 0.717) is 11.1 Å². The third-order valence-corrected chi connectivity index (χ3v) is 4.40. The van der Waals surface area contributed by atoms with E-state index in [-0.39, 0.29) is 11.7 Å². The maximum atomic E-state index is 13.0. The van der Waals surface area contributed by atoms with Crippen LogP contribution in [0.25, 0.3) is 0 Å². The minimum Gasteiger partial charge on any atom is -0.384 e. The van der Waals surface area contributed by atoms with Crippen molar-refractivity contribution >= 4 is 11.6 Å². The Balaban J connectivity index is 2.03. The van der Waals surface area contributed by atoms with Crippen molar-refractivity contribution in [2.24, 2.45) is 0 Å². The van der Waals surface area contributed by atoms with Gasteiger partial charge in [0.25, 0.3) is 0 Å². The van der Waals surface area contributed by atoms with E-state index in [2.05, 4.69) is 0 Å². The second-order valence-electron chi connectivity index (χ2n) is 6.22. The third kappa shape index (κ3) is 2.11. The Morgan fingerprint density at radius 3 is 2.32 bits per heavy atom. The molecule has 0 aliphatic carbocycles. The molecular formula is C18H18FNO2. The van der Waals surface area contributed by atoms with E-state index in [1.165, 1.54) is 12.1 Å². The number of carbonyl (C=O) groups excluding carboxylic acids is 1. The lowest BCUT2D eigenvalue weighted by atomic mass is 9.84. The van der Waals surface area contributed by atoms with Crippen molar-refractivity contribution in [2.75, 3.05) is 11.9 Å². The SMILES string of the molecule is CN1C(=O)C(C)(C)c2cc(C(O)c3ccc(F)cc3)ccc21. The van der Waals surface area contributed by atoms with E-state index in [1.807, 2.05) is 26.0 Å². The molecule has 1 unspecified atom stereocenters. The number of nitrogens with zero attached hydrogens (tertiary/aromatic N) is 1. The Morgan fingerprint density at radius 2 is 1.68 bits per heavy atom. The molecule has 0 radical (unpaired) electrons. The summed E-state index contributed by atoms with van der Waals surface area (Å²) >= 11 is 0. The first-order valence-corrected chi connectivity index (χ1v) is 7.18. The highest BCUT2D eigenvalue weighted by Gasteiger charge is 2.42. The number of amides is 1. The molecule has 3 nitrogen and oxygen atoms in total. The van der Waals surface area contributed by atoms with E-state index in [1.54, 1.807) is 30.1 Å². The van der Waals surface area contributed by atoms with E-state index in [9.17, 15) is 14.3 Å². The van der Waals surface area contributed by atoms with Crippen LogP contribution < -0.4 is 4.90 Å². The predicted octanol–water partition coefficient (Wildman–Crippen LogP) is 3.16. The molecule has 1 atom stereocenters. The normalized spacial score (nSPS) is 17.5. The van der Waals surface area contributed by atoms with Gasteiger partial charge in [-0.05, 0) is 54.8 Å². The van der Waals surface area contributed by atoms with Gasteiger partial charge in [0.15, 0.2) is 0 Å². The summed E-state index contributed by atoms with van der Waals surface area (Å²) in [6, 6.07) is 11.3. The number of anilines is 1. The molecule has 2 aromatic rings. The zero-order valence-corrected chi connectivity index (χ0v) is 12.8. The molecule has 0 spiro atoms. The van der Waals surface area contributed by atoms with Crippen LogP contribution in [-0.4, -0.2) is 18.1 Å². The summed E-state index contributed by atoms with van der Waals surface area (Å²) in [6.07, 6.45) is -0.845. The first-order chi connectivity index (χ1) is 10.3. The number of halogens is 1. The Kier molecular flexibility index (Phi) is 3.29. The Morgan fingerprint density at radius 1 is 1.09 bits per heavy atom. The van der Waals surface area contributed by atoms with Gasteiger partial charge in [0.1, 0.15) is 11.9 Å². The number of aliphatic hydroxyl groups is 1. The molecule has 4 heteroatoms. The van der Waals surface area contributed by atoms with Gasteiger partial charge in [0.2, 0.25) is 5.91 Å². The van der Waals surface area contributed by atoms with Crippen LogP contribution in [0.5, 0.6) is 0 Å². The maximum absolute atomic E-state index is 13.0. The van der Waals surface area contributed by atoms with Crippen LogP contribution in [0.1, 0.15) is 36.6 Å². The van der Waals surface area contributed by atoms with Crippen molar-refractivity contribution in [3.8, 4) is 0 Å². The van der Waals surface area contributed by atoms with Crippen LogP contribution in [0.2, 0.25) is 0 Å². The quantitative estimate of drug-likeness (QED) is 0.925. The summed E-state index contributed by atoms with van der Waals surface area (Å²) in [4.78, 5) is 13.9. The summed E-state index contributed by atoms with van der Waals surface area (Å²) in [5, 5.41) is 10.5. The Bertz CT molecular complexity index is 737. The molecule has 0 bridgehead atoms. The second-order valence-corrected chi connectivity index (χ2v) is 6.22. The van der Waals surface area contributed by atoms with Gasteiger partial charge in [-0.15, -0.1) is 0 Å². The molecule has 0 aromatic heterocycles. The number of hydrogen-bond donors (Lipinski definition) is 1. The standard InChI is InChI=1S/C18H18FNO2/c1-18(2)14-10-12(6-9-15(14)20(3)17(18)22)16(21)11-4-7-13(19)8-5-11/h4-10,16,21H,1-3H3. The zero-order valence-electron chi connectivity index (χ0n) is 12.8. The fraction of sp³-hybridized carbons (Fsp3) is 0.278. The van der Waals surface area contributed by atoms with Crippen molar-refractivity contribution in [1.29, 1.82) is 0 Å². The molecular weight excluding hydrogens is 281 g/mol. The summed E-state index contributed by atoms with van der Waals surface area (Å²) in [6.45, 7) is 3.76. The van der Waals surface area contributed by atoms with Crippen LogP contribution in [0.3, 0.4) is 0 Å². The molecule has 1 amide bonds. The first-order valence-electron chi connectivity index (χ1n) is 7.18. The Labute approximate surface area is 129 Å². The number of aliphatic hydroxyl groups excluding tert-OH is 1. The highest BCUT2D eigenvalue weighted by Crippen LogP contribution is 2.42. The Hall–Kier alpha value is -2.20. The average Bonchev–Trinajstić information content (AvgIpc) is 2.68. The smallest absolute Gasteiger partial charge is 0.236 e. The zero-order chi connectivity index (χ0) is 16.1. The molecule has 0 saturated carbocycles. The molecule has 0 fully saturated rings. The average molecular weight is 299 g/mol. The molecule has 1 N–H and O–H groups in total. The van der Waals surface area contributed by atoms with Crippen molar-refractivity contribution in [3.63, 3.8) is 0 Å². The maximum Gasteiger partial charge on any atom is 0.236 e. The predicted molar refractivity (Wildman–Crippen MR) is 83.3 cm³/mol. The minimum atomic E-state index is -0.845. The van der Waals surface area contributed by atoms with Gasteiger partial charge < -0.3 is 10.0 Å². The topological polar surface area (TPSA) is 40.5 Å². The van der Waals surface area contributed by atoms with Crippen LogP contribution in [0, 0.1) is 5.82 Å². The van der Waals surface area contributed by atoms with Gasteiger partial charge >= 0.3 is 0 Å². The molecule has 0 saturated heterocycles. The minimum absolute atomic E-state index is 0.0379. The number of rotatable bonds is 2. The van der Waals surface area contributed by atoms with E-state index >= 15 is 0 Å². The second kappa shape index (κ2) is 4.92. The van der Waals surface area contributed by atoms with Crippen molar-refractivity contribution < 1.29 is 14.3 Å². The van der Waals surface area contributed by atoms with Gasteiger partial charge in [0.05, 0.1) is 5.41 Å². The highest BCUT2D eigenvalue weighted by atomic mass is 19.1. The van der Waals surface area contributed by atoms with Gasteiger partial charge in [-0.1, -0.05) is 18.2 Å². The highest BCUT2D eigenvalue weighted by molar-refractivity contribution is 6.07. The monoisotopic (exact) mass is 299 g/mol. The lowest BCUT2D eigenvalue weighted by molar-refractivity contribution is -0.121. The summed E-state index contributed by atoms with van der Waals surface area (Å²) < 4.78 is 13.0. The first kappa shape index (κ1) is 14.7. The van der Waals surface area contributed by atoms with Gasteiger partial charge in [-0.3, -0.25) is 4.79 Å². The van der Waals surface area contributed by atoms with Crippen molar-refractivity contribution in [2.45, 2.75) is 25.4 Å². The number of carbonyl (C=O) groups is 1. The molecule has 22 heavy (non-hydrogen) atoms. The van der Waals surface area contributed by atoms with E-state index in [4.69, 9.17) is 0 Å². The van der Waals surface area contributed by atoms with Crippen LogP contribution in [-0.2, 0) is 10.2 Å². The van der Waals surface area contributed by atoms with Crippen LogP contribution in [0.15, 0.2) is 42.5 Å². The summed E-state index contributed by atoms with van der Waals surface area (Å²) in [5.74, 6) is -0.297. The molecule has 3 rings (SSSR count). The lowest BCUT2D eigenvalue weighted by Gasteiger charge is -2.18.